The molecular weight excluding hydrogens is 214 g/mol. The van der Waals surface area contributed by atoms with Crippen molar-refractivity contribution in [3.63, 3.8) is 0 Å². The molecule has 2 heterocycles. The summed E-state index contributed by atoms with van der Waals surface area (Å²) >= 11 is 1.48. The average Bonchev–Trinajstić information content (AvgIpc) is 2.79. The zero-order valence-electron chi connectivity index (χ0n) is 8.56. The van der Waals surface area contributed by atoms with Crippen molar-refractivity contribution in [2.24, 2.45) is 0 Å². The Morgan fingerprint density at radius 1 is 1.60 bits per heavy atom. The van der Waals surface area contributed by atoms with Crippen molar-refractivity contribution < 1.29 is 14.3 Å². The fourth-order valence-corrected chi connectivity index (χ4v) is 2.76. The van der Waals surface area contributed by atoms with Gasteiger partial charge in [-0.1, -0.05) is 0 Å². The zero-order chi connectivity index (χ0) is 10.7. The van der Waals surface area contributed by atoms with Crippen LogP contribution in [0.1, 0.15) is 28.3 Å². The van der Waals surface area contributed by atoms with Crippen LogP contribution in [0, 0.1) is 0 Å². The molecule has 5 heteroatoms. The van der Waals surface area contributed by atoms with E-state index in [-0.39, 0.29) is 5.60 Å². The molecule has 82 valence electrons. The highest BCUT2D eigenvalue weighted by molar-refractivity contribution is 7.10. The number of nitrogens with zero attached hydrogens (tertiary/aromatic N) is 1. The van der Waals surface area contributed by atoms with Crippen LogP contribution in [0.3, 0.4) is 0 Å². The molecule has 0 atom stereocenters. The van der Waals surface area contributed by atoms with E-state index in [2.05, 4.69) is 4.98 Å². The number of carbonyl (C=O) groups excluding carboxylic acids is 1. The van der Waals surface area contributed by atoms with Gasteiger partial charge in [0.2, 0.25) is 0 Å². The van der Waals surface area contributed by atoms with Crippen LogP contribution in [0.5, 0.6) is 0 Å². The van der Waals surface area contributed by atoms with Crippen molar-refractivity contribution in [3.8, 4) is 0 Å². The van der Waals surface area contributed by atoms with Crippen LogP contribution in [0.4, 0.5) is 0 Å². The molecular formula is C10H13NO3S. The number of ether oxygens (including phenoxy) is 2. The summed E-state index contributed by atoms with van der Waals surface area (Å²) in [5.41, 5.74) is 0.141. The topological polar surface area (TPSA) is 48.4 Å². The van der Waals surface area contributed by atoms with Gasteiger partial charge in [-0.25, -0.2) is 4.98 Å². The number of hydrogen-bond donors (Lipinski definition) is 0. The predicted molar refractivity (Wildman–Crippen MR) is 56.2 cm³/mol. The predicted octanol–water partition coefficient (Wildman–Crippen LogP) is 1.61. The van der Waals surface area contributed by atoms with Crippen LogP contribution in [0.2, 0.25) is 0 Å². The van der Waals surface area contributed by atoms with Gasteiger partial charge in [0.05, 0.1) is 0 Å². The molecule has 1 aromatic heterocycles. The summed E-state index contributed by atoms with van der Waals surface area (Å²) < 4.78 is 10.9. The van der Waals surface area contributed by atoms with Gasteiger partial charge in [-0.05, 0) is 0 Å². The fourth-order valence-electron chi connectivity index (χ4n) is 1.76. The molecule has 0 spiro atoms. The molecule has 4 nitrogen and oxygen atoms in total. The molecule has 0 aromatic carbocycles. The standard InChI is InChI=1S/C10H13NO3S/c1-13-10(2-4-14-5-3-10)9-11-8(6-12)7-15-9/h6-7H,2-5H2,1H3. The molecule has 15 heavy (non-hydrogen) atoms. The first-order valence-electron chi connectivity index (χ1n) is 4.85. The van der Waals surface area contributed by atoms with E-state index in [1.54, 1.807) is 12.5 Å². The minimum Gasteiger partial charge on any atom is -0.381 e. The minimum atomic E-state index is -0.343. The third-order valence-electron chi connectivity index (χ3n) is 2.72. The summed E-state index contributed by atoms with van der Waals surface area (Å²) in [6.45, 7) is 1.37. The molecule has 2 rings (SSSR count). The minimum absolute atomic E-state index is 0.343. The van der Waals surface area contributed by atoms with Gasteiger partial charge < -0.3 is 9.47 Å². The fraction of sp³-hybridized carbons (Fsp3) is 0.600. The molecule has 0 aliphatic carbocycles. The summed E-state index contributed by atoms with van der Waals surface area (Å²) in [6.07, 6.45) is 2.37. The van der Waals surface area contributed by atoms with Crippen LogP contribution in [-0.2, 0) is 15.1 Å². The number of methoxy groups -OCH3 is 1. The van der Waals surface area contributed by atoms with Gasteiger partial charge in [-0.3, -0.25) is 4.79 Å². The number of carbonyl (C=O) groups is 1. The number of rotatable bonds is 3. The van der Waals surface area contributed by atoms with Crippen molar-refractivity contribution >= 4 is 17.6 Å². The Morgan fingerprint density at radius 3 is 2.87 bits per heavy atom. The van der Waals surface area contributed by atoms with Crippen LogP contribution in [-0.4, -0.2) is 31.6 Å². The van der Waals surface area contributed by atoms with Gasteiger partial charge in [0.15, 0.2) is 6.29 Å². The molecule has 0 radical (unpaired) electrons. The van der Waals surface area contributed by atoms with Crippen LogP contribution < -0.4 is 0 Å². The lowest BCUT2D eigenvalue weighted by atomic mass is 9.95. The Labute approximate surface area is 92.2 Å². The third-order valence-corrected chi connectivity index (χ3v) is 3.77. The van der Waals surface area contributed by atoms with E-state index in [4.69, 9.17) is 9.47 Å². The Hall–Kier alpha value is -0.780. The Morgan fingerprint density at radius 2 is 2.33 bits per heavy atom. The second-order valence-corrected chi connectivity index (χ2v) is 4.36. The van der Waals surface area contributed by atoms with Crippen molar-refractivity contribution in [2.75, 3.05) is 20.3 Å². The first-order valence-corrected chi connectivity index (χ1v) is 5.73. The van der Waals surface area contributed by atoms with Crippen molar-refractivity contribution in [2.45, 2.75) is 18.4 Å². The summed E-state index contributed by atoms with van der Waals surface area (Å²) in [7, 11) is 1.69. The van der Waals surface area contributed by atoms with E-state index in [0.29, 0.717) is 18.9 Å². The summed E-state index contributed by atoms with van der Waals surface area (Å²) in [6, 6.07) is 0. The molecule has 1 aliphatic rings. The molecule has 0 unspecified atom stereocenters. The van der Waals surface area contributed by atoms with Gasteiger partial charge in [-0.15, -0.1) is 11.3 Å². The first kappa shape index (κ1) is 10.7. The molecule has 1 fully saturated rings. The smallest absolute Gasteiger partial charge is 0.169 e. The van der Waals surface area contributed by atoms with Crippen molar-refractivity contribution in [1.29, 1.82) is 0 Å². The van der Waals surface area contributed by atoms with E-state index in [1.807, 2.05) is 0 Å². The second kappa shape index (κ2) is 4.38. The number of hydrogen-bond acceptors (Lipinski definition) is 5. The molecule has 1 aromatic rings. The van der Waals surface area contributed by atoms with E-state index < -0.39 is 0 Å². The summed E-state index contributed by atoms with van der Waals surface area (Å²) in [5, 5.41) is 2.65. The Bertz CT molecular complexity index is 344. The number of aromatic nitrogens is 1. The van der Waals surface area contributed by atoms with Crippen molar-refractivity contribution in [3.05, 3.63) is 16.1 Å². The van der Waals surface area contributed by atoms with E-state index in [0.717, 1.165) is 24.1 Å². The maximum absolute atomic E-state index is 10.6. The molecule has 0 bridgehead atoms. The summed E-state index contributed by atoms with van der Waals surface area (Å²) in [4.78, 5) is 14.8. The zero-order valence-corrected chi connectivity index (χ0v) is 9.38. The highest BCUT2D eigenvalue weighted by Crippen LogP contribution is 2.36. The lowest BCUT2D eigenvalue weighted by Gasteiger charge is -2.33. The molecule has 1 saturated heterocycles. The number of aldehydes is 1. The van der Waals surface area contributed by atoms with Gasteiger partial charge in [0.25, 0.3) is 0 Å². The SMILES string of the molecule is COC1(c2nc(C=O)cs2)CCOCC1. The van der Waals surface area contributed by atoms with Crippen LogP contribution >= 0.6 is 11.3 Å². The normalized spacial score (nSPS) is 20.1. The van der Waals surface area contributed by atoms with E-state index >= 15 is 0 Å². The largest absolute Gasteiger partial charge is 0.381 e. The lowest BCUT2D eigenvalue weighted by Crippen LogP contribution is -2.35. The van der Waals surface area contributed by atoms with Crippen molar-refractivity contribution in [1.82, 2.24) is 4.98 Å². The molecule has 0 amide bonds. The molecule has 1 aliphatic heterocycles. The van der Waals surface area contributed by atoms with Crippen LogP contribution in [0.15, 0.2) is 5.38 Å². The monoisotopic (exact) mass is 227 g/mol. The van der Waals surface area contributed by atoms with Gasteiger partial charge >= 0.3 is 0 Å². The van der Waals surface area contributed by atoms with Gasteiger partial charge in [-0.2, -0.15) is 0 Å². The highest BCUT2D eigenvalue weighted by atomic mass is 32.1. The first-order chi connectivity index (χ1) is 7.30. The van der Waals surface area contributed by atoms with Gasteiger partial charge in [0, 0.05) is 38.5 Å². The maximum atomic E-state index is 10.6. The highest BCUT2D eigenvalue weighted by Gasteiger charge is 2.37. The Kier molecular flexibility index (Phi) is 3.14. The molecule has 0 saturated carbocycles. The Balaban J connectivity index is 2.27. The van der Waals surface area contributed by atoms with Gasteiger partial charge in [0.1, 0.15) is 16.3 Å². The van der Waals surface area contributed by atoms with E-state index in [1.165, 1.54) is 11.3 Å². The average molecular weight is 227 g/mol. The van der Waals surface area contributed by atoms with E-state index in [9.17, 15) is 4.79 Å². The quantitative estimate of drug-likeness (QED) is 0.736. The molecule has 0 N–H and O–H groups in total. The third kappa shape index (κ3) is 1.95. The summed E-state index contributed by atoms with van der Waals surface area (Å²) in [5.74, 6) is 0. The van der Waals surface area contributed by atoms with Crippen LogP contribution in [0.25, 0.3) is 0 Å². The maximum Gasteiger partial charge on any atom is 0.169 e. The second-order valence-electron chi connectivity index (χ2n) is 3.51. The lowest BCUT2D eigenvalue weighted by molar-refractivity contribution is -0.0948. The number of thiazole rings is 1.